The van der Waals surface area contributed by atoms with Crippen molar-refractivity contribution in [2.24, 2.45) is 5.73 Å². The minimum atomic E-state index is -3.06. The predicted octanol–water partition coefficient (Wildman–Crippen LogP) is -0.734. The van der Waals surface area contributed by atoms with E-state index in [1.54, 1.807) is 0 Å². The molecule has 1 aliphatic heterocycles. The second kappa shape index (κ2) is 6.32. The topological polar surface area (TPSA) is 92.5 Å². The van der Waals surface area contributed by atoms with E-state index in [1.165, 1.54) is 4.31 Å². The monoisotopic (exact) mass is 263 g/mol. The van der Waals surface area contributed by atoms with Gasteiger partial charge < -0.3 is 11.1 Å². The molecule has 0 bridgehead atoms. The summed E-state index contributed by atoms with van der Waals surface area (Å²) in [5, 5.41) is 2.66. The van der Waals surface area contributed by atoms with Crippen molar-refractivity contribution in [3.8, 4) is 0 Å². The molecule has 17 heavy (non-hydrogen) atoms. The first kappa shape index (κ1) is 14.4. The molecule has 0 spiro atoms. The van der Waals surface area contributed by atoms with Crippen LogP contribution in [0, 0.1) is 0 Å². The lowest BCUT2D eigenvalue weighted by molar-refractivity contribution is -0.122. The molecule has 0 aliphatic carbocycles. The Kier molecular flexibility index (Phi) is 5.35. The van der Waals surface area contributed by atoms with Gasteiger partial charge in [-0.2, -0.15) is 0 Å². The average Bonchev–Trinajstić information content (AvgIpc) is 2.58. The molecule has 1 aliphatic rings. The maximum atomic E-state index is 11.5. The Morgan fingerprint density at radius 1 is 1.53 bits per heavy atom. The molecule has 100 valence electrons. The van der Waals surface area contributed by atoms with Crippen molar-refractivity contribution in [3.05, 3.63) is 0 Å². The molecule has 0 radical (unpaired) electrons. The van der Waals surface area contributed by atoms with E-state index >= 15 is 0 Å². The Morgan fingerprint density at radius 3 is 2.76 bits per heavy atom. The Bertz CT molecular complexity index is 356. The van der Waals surface area contributed by atoms with Crippen molar-refractivity contribution in [2.75, 3.05) is 25.4 Å². The number of hydrogen-bond acceptors (Lipinski definition) is 4. The van der Waals surface area contributed by atoms with Gasteiger partial charge in [0.2, 0.25) is 15.9 Å². The summed E-state index contributed by atoms with van der Waals surface area (Å²) >= 11 is 0. The molecular weight excluding hydrogens is 242 g/mol. The van der Waals surface area contributed by atoms with Crippen LogP contribution < -0.4 is 11.1 Å². The van der Waals surface area contributed by atoms with Crippen molar-refractivity contribution in [2.45, 2.75) is 32.2 Å². The highest BCUT2D eigenvalue weighted by Crippen LogP contribution is 2.11. The summed E-state index contributed by atoms with van der Waals surface area (Å²) in [6, 6.07) is -0.491. The minimum absolute atomic E-state index is 0.205. The van der Waals surface area contributed by atoms with Crippen LogP contribution in [0.2, 0.25) is 0 Å². The van der Waals surface area contributed by atoms with Crippen LogP contribution in [-0.2, 0) is 14.8 Å². The zero-order valence-corrected chi connectivity index (χ0v) is 11.0. The third-order valence-electron chi connectivity index (χ3n) is 2.80. The Morgan fingerprint density at radius 2 is 2.24 bits per heavy atom. The highest BCUT2D eigenvalue weighted by Gasteiger charge is 2.27. The number of nitrogens with one attached hydrogen (secondary N) is 1. The number of rotatable bonds is 6. The van der Waals surface area contributed by atoms with Gasteiger partial charge in [0.1, 0.15) is 0 Å². The molecule has 0 aromatic rings. The lowest BCUT2D eigenvalue weighted by Crippen LogP contribution is -2.43. The van der Waals surface area contributed by atoms with Gasteiger partial charge in [-0.15, -0.1) is 0 Å². The second-order valence-corrected chi connectivity index (χ2v) is 6.34. The number of nitrogens with two attached hydrogens (primary N) is 1. The van der Waals surface area contributed by atoms with Crippen molar-refractivity contribution in [1.29, 1.82) is 0 Å². The number of sulfonamides is 1. The van der Waals surface area contributed by atoms with E-state index in [9.17, 15) is 13.2 Å². The second-order valence-electron chi connectivity index (χ2n) is 4.25. The summed E-state index contributed by atoms with van der Waals surface area (Å²) in [5.74, 6) is 0.0134. The zero-order chi connectivity index (χ0) is 12.9. The maximum absolute atomic E-state index is 11.5. The van der Waals surface area contributed by atoms with E-state index < -0.39 is 16.1 Å². The molecule has 1 rings (SSSR count). The number of carbonyl (C=O) groups excluding carboxylic acids is 1. The summed E-state index contributed by atoms with van der Waals surface area (Å²) in [7, 11) is -3.06. The fraction of sp³-hybridized carbons (Fsp3) is 0.900. The first-order chi connectivity index (χ1) is 7.97. The molecule has 0 saturated carbocycles. The average molecular weight is 263 g/mol. The normalized spacial score (nSPS) is 21.3. The fourth-order valence-corrected chi connectivity index (χ4v) is 3.35. The standard InChI is InChI=1S/C10H21N3O3S/c1-2-4-9(11)10(14)12-5-7-13-6-3-8-17(13,15)16/h9H,2-8,11H2,1H3,(H,12,14). The van der Waals surface area contributed by atoms with Crippen LogP contribution in [0.1, 0.15) is 26.2 Å². The van der Waals surface area contributed by atoms with Crippen molar-refractivity contribution in [3.63, 3.8) is 0 Å². The largest absolute Gasteiger partial charge is 0.353 e. The van der Waals surface area contributed by atoms with Crippen molar-refractivity contribution in [1.82, 2.24) is 9.62 Å². The van der Waals surface area contributed by atoms with Crippen molar-refractivity contribution < 1.29 is 13.2 Å². The van der Waals surface area contributed by atoms with Gasteiger partial charge >= 0.3 is 0 Å². The number of hydrogen-bond donors (Lipinski definition) is 2. The molecule has 0 aromatic heterocycles. The number of carbonyl (C=O) groups is 1. The van der Waals surface area contributed by atoms with Crippen LogP contribution in [0.4, 0.5) is 0 Å². The fourth-order valence-electron chi connectivity index (χ4n) is 1.82. The lowest BCUT2D eigenvalue weighted by atomic mass is 10.2. The maximum Gasteiger partial charge on any atom is 0.236 e. The van der Waals surface area contributed by atoms with Crippen LogP contribution in [0.3, 0.4) is 0 Å². The number of nitrogens with zero attached hydrogens (tertiary/aromatic N) is 1. The highest BCUT2D eigenvalue weighted by atomic mass is 32.2. The lowest BCUT2D eigenvalue weighted by Gasteiger charge is -2.16. The summed E-state index contributed by atoms with van der Waals surface area (Å²) in [5.41, 5.74) is 5.63. The molecule has 1 fully saturated rings. The van der Waals surface area contributed by atoms with E-state index in [0.29, 0.717) is 32.5 Å². The first-order valence-electron chi connectivity index (χ1n) is 5.98. The van der Waals surface area contributed by atoms with Crippen LogP contribution in [0.25, 0.3) is 0 Å². The molecule has 1 atom stereocenters. The van der Waals surface area contributed by atoms with Gasteiger partial charge in [0, 0.05) is 19.6 Å². The van der Waals surface area contributed by atoms with Crippen LogP contribution >= 0.6 is 0 Å². The van der Waals surface area contributed by atoms with Crippen LogP contribution in [0.15, 0.2) is 0 Å². The molecule has 6 nitrogen and oxygen atoms in total. The van der Waals surface area contributed by atoms with Gasteiger partial charge in [-0.25, -0.2) is 12.7 Å². The van der Waals surface area contributed by atoms with Crippen LogP contribution in [0.5, 0.6) is 0 Å². The molecule has 1 amide bonds. The predicted molar refractivity (Wildman–Crippen MR) is 65.9 cm³/mol. The summed E-state index contributed by atoms with van der Waals surface area (Å²) in [4.78, 5) is 11.5. The van der Waals surface area contributed by atoms with Gasteiger partial charge in [0.25, 0.3) is 0 Å². The van der Waals surface area contributed by atoms with Crippen LogP contribution in [-0.4, -0.2) is 50.1 Å². The quantitative estimate of drug-likeness (QED) is 0.660. The van der Waals surface area contributed by atoms with Gasteiger partial charge in [-0.3, -0.25) is 4.79 Å². The molecule has 1 saturated heterocycles. The third kappa shape index (κ3) is 4.25. The molecular formula is C10H21N3O3S. The minimum Gasteiger partial charge on any atom is -0.353 e. The Hall–Kier alpha value is -0.660. The van der Waals surface area contributed by atoms with Gasteiger partial charge in [0.15, 0.2) is 0 Å². The smallest absolute Gasteiger partial charge is 0.236 e. The molecule has 3 N–H and O–H groups in total. The Balaban J connectivity index is 2.26. The van der Waals surface area contributed by atoms with Crippen molar-refractivity contribution >= 4 is 15.9 Å². The highest BCUT2D eigenvalue weighted by molar-refractivity contribution is 7.89. The molecule has 1 heterocycles. The molecule has 0 aromatic carbocycles. The Labute approximate surface area is 103 Å². The van der Waals surface area contributed by atoms with E-state index in [2.05, 4.69) is 5.32 Å². The van der Waals surface area contributed by atoms with E-state index in [1.807, 2.05) is 6.92 Å². The van der Waals surface area contributed by atoms with Gasteiger partial charge in [-0.1, -0.05) is 13.3 Å². The van der Waals surface area contributed by atoms with E-state index in [4.69, 9.17) is 5.73 Å². The van der Waals surface area contributed by atoms with Gasteiger partial charge in [0.05, 0.1) is 11.8 Å². The zero-order valence-electron chi connectivity index (χ0n) is 10.2. The van der Waals surface area contributed by atoms with Gasteiger partial charge in [-0.05, 0) is 12.8 Å². The number of amides is 1. The van der Waals surface area contributed by atoms with E-state index in [-0.39, 0.29) is 11.7 Å². The van der Waals surface area contributed by atoms with E-state index in [0.717, 1.165) is 6.42 Å². The first-order valence-corrected chi connectivity index (χ1v) is 7.59. The SMILES string of the molecule is CCCC(N)C(=O)NCCN1CCCS1(=O)=O. The summed E-state index contributed by atoms with van der Waals surface area (Å²) in [6.07, 6.45) is 2.18. The summed E-state index contributed by atoms with van der Waals surface area (Å²) in [6.45, 7) is 3.19. The molecule has 1 unspecified atom stereocenters. The molecule has 7 heteroatoms. The third-order valence-corrected chi connectivity index (χ3v) is 4.76. The summed E-state index contributed by atoms with van der Waals surface area (Å²) < 4.78 is 24.3.